The van der Waals surface area contributed by atoms with Gasteiger partial charge in [0.2, 0.25) is 0 Å². The normalized spacial score (nSPS) is 11.5. The molecular formula is C15H15N3O3S. The zero-order valence-corrected chi connectivity index (χ0v) is 12.7. The first-order chi connectivity index (χ1) is 10.6. The topological polar surface area (TPSA) is 72.7 Å². The van der Waals surface area contributed by atoms with Gasteiger partial charge in [-0.3, -0.25) is 4.72 Å². The van der Waals surface area contributed by atoms with Crippen molar-refractivity contribution >= 4 is 21.4 Å². The van der Waals surface area contributed by atoms with Crippen LogP contribution in [0.2, 0.25) is 0 Å². The highest BCUT2D eigenvalue weighted by molar-refractivity contribution is 7.92. The third-order valence-corrected chi connectivity index (χ3v) is 4.49. The van der Waals surface area contributed by atoms with Crippen LogP contribution in [0.25, 0.3) is 5.65 Å². The fraction of sp³-hybridized carbons (Fsp3) is 0.133. The molecule has 3 rings (SSSR count). The molecule has 0 aliphatic carbocycles. The molecule has 0 unspecified atom stereocenters. The maximum absolute atomic E-state index is 12.4. The van der Waals surface area contributed by atoms with Crippen molar-refractivity contribution in [3.8, 4) is 5.75 Å². The molecule has 7 heteroatoms. The maximum Gasteiger partial charge on any atom is 0.262 e. The average Bonchev–Trinajstić information content (AvgIpc) is 2.97. The highest BCUT2D eigenvalue weighted by Crippen LogP contribution is 2.21. The zero-order valence-electron chi connectivity index (χ0n) is 11.9. The van der Waals surface area contributed by atoms with Crippen LogP contribution >= 0.6 is 0 Å². The molecule has 114 valence electrons. The van der Waals surface area contributed by atoms with Crippen LogP contribution in [-0.4, -0.2) is 24.4 Å². The second-order valence-corrected chi connectivity index (χ2v) is 6.27. The Balaban J connectivity index is 1.91. The largest absolute Gasteiger partial charge is 0.494 e. The molecule has 0 radical (unpaired) electrons. The van der Waals surface area contributed by atoms with Gasteiger partial charge in [0, 0.05) is 18.6 Å². The highest BCUT2D eigenvalue weighted by Gasteiger charge is 2.16. The molecule has 2 aromatic heterocycles. The summed E-state index contributed by atoms with van der Waals surface area (Å²) in [5.41, 5.74) is 0.985. The number of imidazole rings is 1. The van der Waals surface area contributed by atoms with Gasteiger partial charge in [-0.2, -0.15) is 0 Å². The van der Waals surface area contributed by atoms with E-state index in [0.717, 1.165) is 0 Å². The zero-order chi connectivity index (χ0) is 15.6. The number of ether oxygens (including phenoxy) is 1. The summed E-state index contributed by atoms with van der Waals surface area (Å²) in [6.45, 7) is 2.41. The summed E-state index contributed by atoms with van der Waals surface area (Å²) in [6.07, 6.45) is 5.17. The van der Waals surface area contributed by atoms with E-state index in [-0.39, 0.29) is 4.90 Å². The number of benzene rings is 1. The van der Waals surface area contributed by atoms with Gasteiger partial charge in [-0.1, -0.05) is 0 Å². The molecule has 0 bridgehead atoms. The van der Waals surface area contributed by atoms with Gasteiger partial charge >= 0.3 is 0 Å². The lowest BCUT2D eigenvalue weighted by molar-refractivity contribution is 0.340. The van der Waals surface area contributed by atoms with Crippen molar-refractivity contribution in [2.45, 2.75) is 11.8 Å². The first-order valence-corrected chi connectivity index (χ1v) is 8.26. The molecule has 0 saturated heterocycles. The molecule has 0 saturated carbocycles. The third-order valence-electron chi connectivity index (χ3n) is 3.11. The monoisotopic (exact) mass is 317 g/mol. The van der Waals surface area contributed by atoms with Crippen molar-refractivity contribution in [3.05, 3.63) is 55.0 Å². The van der Waals surface area contributed by atoms with E-state index in [1.165, 1.54) is 12.1 Å². The molecule has 0 fully saturated rings. The summed E-state index contributed by atoms with van der Waals surface area (Å²) in [4.78, 5) is 4.32. The van der Waals surface area contributed by atoms with Gasteiger partial charge in [-0.15, -0.1) is 0 Å². The molecule has 0 amide bonds. The first-order valence-electron chi connectivity index (χ1n) is 6.77. The lowest BCUT2D eigenvalue weighted by atomic mass is 10.3. The van der Waals surface area contributed by atoms with Crippen LogP contribution in [-0.2, 0) is 10.0 Å². The lowest BCUT2D eigenvalue weighted by Crippen LogP contribution is -2.13. The predicted octanol–water partition coefficient (Wildman–Crippen LogP) is 2.53. The van der Waals surface area contributed by atoms with Crippen molar-refractivity contribution in [2.24, 2.45) is 0 Å². The number of nitrogens with zero attached hydrogens (tertiary/aromatic N) is 2. The van der Waals surface area contributed by atoms with Gasteiger partial charge in [0.25, 0.3) is 10.0 Å². The Bertz CT molecular complexity index is 886. The Kier molecular flexibility index (Phi) is 3.72. The minimum absolute atomic E-state index is 0.171. The fourth-order valence-electron chi connectivity index (χ4n) is 2.11. The fourth-order valence-corrected chi connectivity index (χ4v) is 3.17. The Morgan fingerprint density at radius 2 is 1.95 bits per heavy atom. The number of nitrogens with one attached hydrogen (secondary N) is 1. The molecule has 0 spiro atoms. The summed E-state index contributed by atoms with van der Waals surface area (Å²) < 4.78 is 34.5. The van der Waals surface area contributed by atoms with Gasteiger partial charge < -0.3 is 9.14 Å². The van der Waals surface area contributed by atoms with E-state index >= 15 is 0 Å². The van der Waals surface area contributed by atoms with Gasteiger partial charge in [0.15, 0.2) is 5.65 Å². The van der Waals surface area contributed by atoms with Gasteiger partial charge in [0.05, 0.1) is 17.2 Å². The van der Waals surface area contributed by atoms with Crippen LogP contribution in [0, 0.1) is 0 Å². The van der Waals surface area contributed by atoms with Gasteiger partial charge in [-0.05, 0) is 43.3 Å². The van der Waals surface area contributed by atoms with Crippen molar-refractivity contribution in [1.82, 2.24) is 9.38 Å². The number of rotatable bonds is 5. The number of fused-ring (bicyclic) bond motifs is 1. The number of sulfonamides is 1. The summed E-state index contributed by atoms with van der Waals surface area (Å²) in [7, 11) is -3.67. The van der Waals surface area contributed by atoms with Crippen LogP contribution in [0.3, 0.4) is 0 Å². The van der Waals surface area contributed by atoms with E-state index in [0.29, 0.717) is 23.7 Å². The van der Waals surface area contributed by atoms with Crippen molar-refractivity contribution in [2.75, 3.05) is 11.3 Å². The lowest BCUT2D eigenvalue weighted by Gasteiger charge is -2.10. The molecule has 2 heterocycles. The molecule has 1 aromatic carbocycles. The van der Waals surface area contributed by atoms with Crippen LogP contribution in [0.5, 0.6) is 5.75 Å². The minimum atomic E-state index is -3.67. The summed E-state index contributed by atoms with van der Waals surface area (Å²) in [5, 5.41) is 0. The number of hydrogen-bond donors (Lipinski definition) is 1. The number of anilines is 1. The number of pyridine rings is 1. The van der Waals surface area contributed by atoms with Gasteiger partial charge in [-0.25, -0.2) is 13.4 Å². The van der Waals surface area contributed by atoms with E-state index in [9.17, 15) is 8.42 Å². The van der Waals surface area contributed by atoms with Crippen LogP contribution in [0.15, 0.2) is 59.9 Å². The molecule has 3 aromatic rings. The molecular weight excluding hydrogens is 302 g/mol. The Morgan fingerprint density at radius 1 is 1.18 bits per heavy atom. The van der Waals surface area contributed by atoms with Gasteiger partial charge in [0.1, 0.15) is 5.75 Å². The standard InChI is InChI=1S/C15H15N3O3S/c1-2-21-12-5-7-13(8-6-12)22(19,20)17-14-4-3-10-18-11-9-16-15(14)18/h3-11,17H,2H2,1H3. The maximum atomic E-state index is 12.4. The van der Waals surface area contributed by atoms with Crippen LogP contribution in [0.4, 0.5) is 5.69 Å². The Morgan fingerprint density at radius 3 is 2.68 bits per heavy atom. The smallest absolute Gasteiger partial charge is 0.262 e. The molecule has 22 heavy (non-hydrogen) atoms. The second-order valence-electron chi connectivity index (χ2n) is 4.59. The summed E-state index contributed by atoms with van der Waals surface area (Å²) >= 11 is 0. The van der Waals surface area contributed by atoms with Crippen LogP contribution < -0.4 is 9.46 Å². The SMILES string of the molecule is CCOc1ccc(S(=O)(=O)Nc2cccn3ccnc23)cc1. The molecule has 0 atom stereocenters. The molecule has 0 aliphatic heterocycles. The predicted molar refractivity (Wildman–Crippen MR) is 83.6 cm³/mol. The third kappa shape index (κ3) is 2.75. The molecule has 1 N–H and O–H groups in total. The minimum Gasteiger partial charge on any atom is -0.494 e. The molecule has 6 nitrogen and oxygen atoms in total. The van der Waals surface area contributed by atoms with Crippen molar-refractivity contribution in [1.29, 1.82) is 0 Å². The average molecular weight is 317 g/mol. The van der Waals surface area contributed by atoms with Crippen molar-refractivity contribution < 1.29 is 13.2 Å². The molecule has 0 aliphatic rings. The van der Waals surface area contributed by atoms with E-state index in [2.05, 4.69) is 9.71 Å². The summed E-state index contributed by atoms with van der Waals surface area (Å²) in [6, 6.07) is 9.72. The quantitative estimate of drug-likeness (QED) is 0.785. The van der Waals surface area contributed by atoms with Crippen LogP contribution in [0.1, 0.15) is 6.92 Å². The highest BCUT2D eigenvalue weighted by atomic mass is 32.2. The number of hydrogen-bond acceptors (Lipinski definition) is 4. The second kappa shape index (κ2) is 5.69. The van der Waals surface area contributed by atoms with E-state index < -0.39 is 10.0 Å². The van der Waals surface area contributed by atoms with E-state index in [1.807, 2.05) is 6.92 Å². The Hall–Kier alpha value is -2.54. The Labute approximate surface area is 128 Å². The number of aromatic nitrogens is 2. The first kappa shape index (κ1) is 14.4. The van der Waals surface area contributed by atoms with Crippen molar-refractivity contribution in [3.63, 3.8) is 0 Å². The van der Waals surface area contributed by atoms with E-state index in [4.69, 9.17) is 4.74 Å². The summed E-state index contributed by atoms with van der Waals surface area (Å²) in [5.74, 6) is 0.636. The van der Waals surface area contributed by atoms with E-state index in [1.54, 1.807) is 47.3 Å².